The summed E-state index contributed by atoms with van der Waals surface area (Å²) in [7, 11) is 0. The molecule has 1 aliphatic heterocycles. The van der Waals surface area contributed by atoms with E-state index in [4.69, 9.17) is 4.74 Å². The number of hydrogen-bond donors (Lipinski definition) is 1. The van der Waals surface area contributed by atoms with E-state index in [1.165, 1.54) is 75.0 Å². The van der Waals surface area contributed by atoms with Crippen molar-refractivity contribution in [2.75, 3.05) is 5.32 Å². The van der Waals surface area contributed by atoms with E-state index in [9.17, 15) is 0 Å². The molecule has 2 aromatic heterocycles. The van der Waals surface area contributed by atoms with Crippen molar-refractivity contribution in [3.05, 3.63) is 175 Å². The third-order valence-corrected chi connectivity index (χ3v) is 11.6. The van der Waals surface area contributed by atoms with Gasteiger partial charge >= 0.3 is 0 Å². The van der Waals surface area contributed by atoms with Crippen molar-refractivity contribution in [2.45, 2.75) is 6.23 Å². The van der Waals surface area contributed by atoms with Gasteiger partial charge in [-0.05, 0) is 81.6 Å². The molecule has 4 heteroatoms. The van der Waals surface area contributed by atoms with Gasteiger partial charge in [0.05, 0.1) is 16.7 Å². The average molecular weight is 671 g/mol. The van der Waals surface area contributed by atoms with Gasteiger partial charge in [-0.25, -0.2) is 0 Å². The first-order chi connectivity index (χ1) is 25.3. The molecule has 1 unspecified atom stereocenters. The van der Waals surface area contributed by atoms with Gasteiger partial charge in [-0.1, -0.05) is 121 Å². The van der Waals surface area contributed by atoms with Crippen LogP contribution in [-0.4, -0.2) is 4.57 Å². The van der Waals surface area contributed by atoms with Crippen LogP contribution in [0.25, 0.3) is 80.7 Å². The molecule has 11 rings (SSSR count). The fourth-order valence-corrected chi connectivity index (χ4v) is 9.10. The quantitative estimate of drug-likeness (QED) is 0.202. The Morgan fingerprint density at radius 1 is 0.490 bits per heavy atom. The number of fused-ring (bicyclic) bond motifs is 10. The number of nitrogens with one attached hydrogen (secondary N) is 1. The Kier molecular flexibility index (Phi) is 6.18. The fraction of sp³-hybridized carbons (Fsp3) is 0.0213. The zero-order chi connectivity index (χ0) is 33.5. The third kappa shape index (κ3) is 4.43. The molecule has 0 saturated carbocycles. The van der Waals surface area contributed by atoms with E-state index in [1.54, 1.807) is 0 Å². The zero-order valence-corrected chi connectivity index (χ0v) is 28.3. The van der Waals surface area contributed by atoms with E-state index in [1.807, 2.05) is 11.3 Å². The van der Waals surface area contributed by atoms with Gasteiger partial charge in [0, 0.05) is 42.2 Å². The number of anilines is 1. The number of benzene rings is 8. The second-order valence-corrected chi connectivity index (χ2v) is 14.4. The van der Waals surface area contributed by atoms with Gasteiger partial charge in [-0.15, -0.1) is 11.3 Å². The molecule has 240 valence electrons. The molecule has 0 aliphatic carbocycles. The summed E-state index contributed by atoms with van der Waals surface area (Å²) in [6.07, 6.45) is -0.238. The monoisotopic (exact) mass is 670 g/mol. The van der Waals surface area contributed by atoms with E-state index >= 15 is 0 Å². The van der Waals surface area contributed by atoms with Crippen LogP contribution in [0.4, 0.5) is 5.69 Å². The highest BCUT2D eigenvalue weighted by atomic mass is 32.1. The Morgan fingerprint density at radius 3 is 2.04 bits per heavy atom. The van der Waals surface area contributed by atoms with E-state index in [2.05, 4.69) is 180 Å². The summed E-state index contributed by atoms with van der Waals surface area (Å²) in [6, 6.07) is 61.4. The molecule has 0 saturated heterocycles. The van der Waals surface area contributed by atoms with Crippen LogP contribution >= 0.6 is 11.3 Å². The van der Waals surface area contributed by atoms with Crippen molar-refractivity contribution in [3.63, 3.8) is 0 Å². The highest BCUT2D eigenvalue weighted by molar-refractivity contribution is 7.25. The van der Waals surface area contributed by atoms with Crippen LogP contribution < -0.4 is 10.1 Å². The van der Waals surface area contributed by atoms with E-state index < -0.39 is 0 Å². The van der Waals surface area contributed by atoms with Crippen LogP contribution in [0.2, 0.25) is 0 Å². The molecule has 8 aromatic carbocycles. The molecule has 3 heterocycles. The molecule has 0 radical (unpaired) electrons. The SMILES string of the molecule is c1ccc(-c2ccc(-n3c4ccc(-c5ccc(C6Nc7ccc8sc9ccccc9c8c7O6)cc5)cc4c4c5ccccc5ccc43)cc2)cc1. The minimum Gasteiger partial charge on any atom is -0.464 e. The molecule has 51 heavy (non-hydrogen) atoms. The smallest absolute Gasteiger partial charge is 0.196 e. The topological polar surface area (TPSA) is 26.2 Å². The van der Waals surface area contributed by atoms with Crippen molar-refractivity contribution < 1.29 is 4.74 Å². The van der Waals surface area contributed by atoms with Gasteiger partial charge in [0.25, 0.3) is 0 Å². The molecule has 0 fully saturated rings. The van der Waals surface area contributed by atoms with Crippen molar-refractivity contribution >= 4 is 69.8 Å². The van der Waals surface area contributed by atoms with Gasteiger partial charge in [0.1, 0.15) is 0 Å². The summed E-state index contributed by atoms with van der Waals surface area (Å²) in [5.74, 6) is 0.947. The normalized spacial score (nSPS) is 14.0. The highest BCUT2D eigenvalue weighted by Crippen LogP contribution is 2.48. The van der Waals surface area contributed by atoms with Crippen LogP contribution in [0.3, 0.4) is 0 Å². The lowest BCUT2D eigenvalue weighted by Crippen LogP contribution is -2.09. The average Bonchev–Trinajstić information content (AvgIpc) is 3.90. The number of hydrogen-bond acceptors (Lipinski definition) is 3. The zero-order valence-electron chi connectivity index (χ0n) is 27.5. The lowest BCUT2D eigenvalue weighted by atomic mass is 9.99. The van der Waals surface area contributed by atoms with Crippen molar-refractivity contribution in [3.8, 4) is 33.7 Å². The lowest BCUT2D eigenvalue weighted by molar-refractivity contribution is 0.263. The maximum Gasteiger partial charge on any atom is 0.196 e. The maximum atomic E-state index is 6.64. The molecule has 0 amide bonds. The molecule has 1 aliphatic rings. The van der Waals surface area contributed by atoms with Crippen molar-refractivity contribution in [1.82, 2.24) is 4.57 Å². The van der Waals surface area contributed by atoms with Crippen LogP contribution in [0.5, 0.6) is 5.75 Å². The Hall–Kier alpha value is -6.36. The number of thiophene rings is 1. The third-order valence-electron chi connectivity index (χ3n) is 10.5. The molecule has 3 nitrogen and oxygen atoms in total. The highest BCUT2D eigenvalue weighted by Gasteiger charge is 2.27. The number of rotatable bonds is 4. The summed E-state index contributed by atoms with van der Waals surface area (Å²) in [4.78, 5) is 0. The summed E-state index contributed by atoms with van der Waals surface area (Å²) in [5, 5.41) is 11.1. The van der Waals surface area contributed by atoms with E-state index in [0.717, 1.165) is 22.7 Å². The predicted molar refractivity (Wildman–Crippen MR) is 215 cm³/mol. The van der Waals surface area contributed by atoms with Crippen LogP contribution in [0.15, 0.2) is 170 Å². The van der Waals surface area contributed by atoms with Gasteiger partial charge in [0.15, 0.2) is 12.0 Å². The summed E-state index contributed by atoms with van der Waals surface area (Å²) < 4.78 is 11.6. The summed E-state index contributed by atoms with van der Waals surface area (Å²) in [5.41, 5.74) is 10.5. The van der Waals surface area contributed by atoms with E-state index in [-0.39, 0.29) is 6.23 Å². The number of aromatic nitrogens is 1. The van der Waals surface area contributed by atoms with Gasteiger partial charge in [-0.2, -0.15) is 0 Å². The number of ether oxygens (including phenoxy) is 1. The lowest BCUT2D eigenvalue weighted by Gasteiger charge is -2.13. The largest absolute Gasteiger partial charge is 0.464 e. The summed E-state index contributed by atoms with van der Waals surface area (Å²) in [6.45, 7) is 0. The molecule has 0 spiro atoms. The Bertz CT molecular complexity index is 2960. The first kappa shape index (κ1) is 28.5. The van der Waals surface area contributed by atoms with Gasteiger partial charge in [-0.3, -0.25) is 0 Å². The maximum absolute atomic E-state index is 6.64. The van der Waals surface area contributed by atoms with Gasteiger partial charge < -0.3 is 14.6 Å². The standard InChI is InChI=1S/C47H30N2OS/c1-2-8-29(9-3-1)30-18-22-35(23-19-30)49-40-25-21-34(28-38(40)44-36-11-5-4-10-32(36)20-26-41(44)49)31-14-16-33(17-15-31)47-48-39-24-27-43-45(46(39)50-47)37-12-6-7-13-42(37)51-43/h1-28,47-48H. The molecule has 1 N–H and O–H groups in total. The second kappa shape index (κ2) is 11.1. The van der Waals surface area contributed by atoms with Crippen LogP contribution in [-0.2, 0) is 0 Å². The Balaban J connectivity index is 0.983. The molecule has 1 atom stereocenters. The van der Waals surface area contributed by atoms with Crippen molar-refractivity contribution in [2.24, 2.45) is 0 Å². The Labute approximate surface area is 298 Å². The molecule has 10 aromatic rings. The van der Waals surface area contributed by atoms with Gasteiger partial charge in [0.2, 0.25) is 0 Å². The number of nitrogens with zero attached hydrogens (tertiary/aromatic N) is 1. The summed E-state index contributed by atoms with van der Waals surface area (Å²) >= 11 is 1.82. The minimum atomic E-state index is -0.238. The van der Waals surface area contributed by atoms with Crippen molar-refractivity contribution in [1.29, 1.82) is 0 Å². The molecular formula is C47H30N2OS. The van der Waals surface area contributed by atoms with Crippen LogP contribution in [0, 0.1) is 0 Å². The predicted octanol–water partition coefficient (Wildman–Crippen LogP) is 13.1. The minimum absolute atomic E-state index is 0.238. The van der Waals surface area contributed by atoms with Crippen LogP contribution in [0.1, 0.15) is 11.8 Å². The molecular weight excluding hydrogens is 641 g/mol. The second-order valence-electron chi connectivity index (χ2n) is 13.3. The van der Waals surface area contributed by atoms with E-state index in [0.29, 0.717) is 0 Å². The fourth-order valence-electron chi connectivity index (χ4n) is 7.99. The Morgan fingerprint density at radius 2 is 1.18 bits per heavy atom. The molecule has 0 bridgehead atoms. The first-order valence-corrected chi connectivity index (χ1v) is 18.2. The first-order valence-electron chi connectivity index (χ1n) is 17.4.